The molecule has 11 heteroatoms. The zero-order valence-corrected chi connectivity index (χ0v) is 27.2. The molecule has 4 N–H and O–H groups in total. The van der Waals surface area contributed by atoms with Crippen molar-refractivity contribution in [2.45, 2.75) is 116 Å². The van der Waals surface area contributed by atoms with E-state index in [0.717, 1.165) is 53.8 Å². The number of nitrogens with one attached hydrogen (secondary N) is 2. The topological polar surface area (TPSA) is 149 Å². The highest BCUT2D eigenvalue weighted by molar-refractivity contribution is 7.13. The van der Waals surface area contributed by atoms with Gasteiger partial charge in [0.25, 0.3) is 0 Å². The molecule has 0 saturated carbocycles. The number of aromatic nitrogens is 1. The van der Waals surface area contributed by atoms with Crippen molar-refractivity contribution in [2.75, 3.05) is 6.54 Å². The number of aliphatic carboxylic acids is 1. The van der Waals surface area contributed by atoms with Gasteiger partial charge in [0.15, 0.2) is 0 Å². The number of carboxylic acids is 1. The van der Waals surface area contributed by atoms with Crippen molar-refractivity contribution in [3.63, 3.8) is 0 Å². The first-order valence-corrected chi connectivity index (χ1v) is 16.7. The minimum absolute atomic E-state index is 0.0414. The summed E-state index contributed by atoms with van der Waals surface area (Å²) < 4.78 is 0. The number of carbonyl (C=O) groups excluding carboxylic acids is 3. The third-order valence-corrected chi connectivity index (χ3v) is 9.16. The maximum absolute atomic E-state index is 13.6. The quantitative estimate of drug-likeness (QED) is 0.180. The molecular weight excluding hydrogens is 580 g/mol. The number of hydrogen-bond donors (Lipinski definition) is 4. The van der Waals surface area contributed by atoms with Crippen LogP contribution in [0.4, 0.5) is 0 Å². The van der Waals surface area contributed by atoms with Crippen molar-refractivity contribution in [3.05, 3.63) is 41.0 Å². The van der Waals surface area contributed by atoms with Crippen LogP contribution in [0.15, 0.2) is 29.8 Å². The Morgan fingerprint density at radius 3 is 2.14 bits per heavy atom. The number of nitrogens with zero attached hydrogens (tertiary/aromatic N) is 2. The van der Waals surface area contributed by atoms with E-state index < -0.39 is 24.2 Å². The van der Waals surface area contributed by atoms with Gasteiger partial charge in [0.1, 0.15) is 12.1 Å². The highest BCUT2D eigenvalue weighted by Gasteiger charge is 2.42. The van der Waals surface area contributed by atoms with Crippen LogP contribution in [0.2, 0.25) is 0 Å². The molecule has 0 aliphatic carbocycles. The number of hydrogen-bond acceptors (Lipinski definition) is 7. The van der Waals surface area contributed by atoms with Gasteiger partial charge in [0, 0.05) is 25.8 Å². The zero-order valence-electron chi connectivity index (χ0n) is 26.4. The van der Waals surface area contributed by atoms with E-state index in [1.165, 1.54) is 4.90 Å². The third-order valence-electron chi connectivity index (χ3n) is 8.19. The number of rotatable bonds is 17. The van der Waals surface area contributed by atoms with Crippen molar-refractivity contribution in [3.8, 4) is 10.4 Å². The molecule has 3 rings (SSSR count). The molecular formula is C33H48N4O6S. The lowest BCUT2D eigenvalue weighted by atomic mass is 10.0. The first-order chi connectivity index (χ1) is 21.0. The summed E-state index contributed by atoms with van der Waals surface area (Å²) in [6, 6.07) is 6.03. The van der Waals surface area contributed by atoms with E-state index >= 15 is 0 Å². The number of carboxylic acid groups (broad SMARTS) is 1. The third kappa shape index (κ3) is 10.4. The van der Waals surface area contributed by atoms with Crippen molar-refractivity contribution in [1.82, 2.24) is 20.5 Å². The molecule has 10 nitrogen and oxygen atoms in total. The Morgan fingerprint density at radius 1 is 0.955 bits per heavy atom. The molecule has 0 bridgehead atoms. The summed E-state index contributed by atoms with van der Waals surface area (Å²) in [5.74, 6) is -1.85. The molecule has 3 amide bonds. The highest BCUT2D eigenvalue weighted by atomic mass is 32.1. The second kappa shape index (κ2) is 17.2. The predicted molar refractivity (Wildman–Crippen MR) is 171 cm³/mol. The predicted octanol–water partition coefficient (Wildman–Crippen LogP) is 4.99. The molecule has 2 aromatic rings. The van der Waals surface area contributed by atoms with E-state index in [9.17, 15) is 24.3 Å². The molecule has 1 aromatic heterocycles. The van der Waals surface area contributed by atoms with Crippen LogP contribution in [0.1, 0.15) is 102 Å². The number of amides is 3. The number of benzene rings is 1. The first kappa shape index (κ1) is 35.2. The molecule has 0 spiro atoms. The zero-order chi connectivity index (χ0) is 32.2. The van der Waals surface area contributed by atoms with E-state index in [0.29, 0.717) is 19.3 Å². The number of carbonyl (C=O) groups is 4. The monoisotopic (exact) mass is 628 g/mol. The van der Waals surface area contributed by atoms with Gasteiger partial charge in [-0.1, -0.05) is 70.2 Å². The number of aliphatic hydroxyl groups excluding tert-OH is 1. The molecule has 0 radical (unpaired) electrons. The van der Waals surface area contributed by atoms with E-state index in [1.54, 1.807) is 11.3 Å². The van der Waals surface area contributed by atoms with E-state index in [4.69, 9.17) is 5.11 Å². The molecule has 242 valence electrons. The molecule has 44 heavy (non-hydrogen) atoms. The largest absolute Gasteiger partial charge is 0.481 e. The molecule has 4 atom stereocenters. The fourth-order valence-electron chi connectivity index (χ4n) is 5.58. The van der Waals surface area contributed by atoms with Gasteiger partial charge in [-0.15, -0.1) is 11.3 Å². The second-order valence-corrected chi connectivity index (χ2v) is 13.0. The summed E-state index contributed by atoms with van der Waals surface area (Å²) in [6.07, 6.45) is 5.99. The fourth-order valence-corrected chi connectivity index (χ4v) is 6.40. The maximum Gasteiger partial charge on any atom is 0.303 e. The number of aliphatic hydroxyl groups is 1. The Labute approximate surface area is 264 Å². The average molecular weight is 629 g/mol. The Kier molecular flexibility index (Phi) is 13.8. The summed E-state index contributed by atoms with van der Waals surface area (Å²) in [4.78, 5) is 57.2. The average Bonchev–Trinajstić information content (AvgIpc) is 3.59. The Morgan fingerprint density at radius 2 is 1.57 bits per heavy atom. The van der Waals surface area contributed by atoms with Crippen molar-refractivity contribution in [1.29, 1.82) is 0 Å². The van der Waals surface area contributed by atoms with Gasteiger partial charge in [-0.2, -0.15) is 0 Å². The van der Waals surface area contributed by atoms with Crippen molar-refractivity contribution in [2.24, 2.45) is 5.92 Å². The summed E-state index contributed by atoms with van der Waals surface area (Å²) in [7, 11) is 0. The lowest BCUT2D eigenvalue weighted by Crippen LogP contribution is -2.55. The molecule has 1 aromatic carbocycles. The molecule has 2 heterocycles. The van der Waals surface area contributed by atoms with E-state index in [2.05, 4.69) is 15.6 Å². The van der Waals surface area contributed by atoms with Crippen molar-refractivity contribution < 1.29 is 29.4 Å². The number of thiazole rings is 1. The van der Waals surface area contributed by atoms with Crippen LogP contribution in [0.5, 0.6) is 0 Å². The van der Waals surface area contributed by atoms with Gasteiger partial charge in [-0.25, -0.2) is 4.98 Å². The maximum atomic E-state index is 13.6. The van der Waals surface area contributed by atoms with Crippen molar-refractivity contribution >= 4 is 35.0 Å². The molecule has 0 unspecified atom stereocenters. The van der Waals surface area contributed by atoms with Crippen LogP contribution in [0, 0.1) is 12.8 Å². The molecule has 1 fully saturated rings. The van der Waals surface area contributed by atoms with Gasteiger partial charge in [-0.05, 0) is 43.7 Å². The number of β-amino-alcohol motifs (C(OH)–C–C–N with tert-alkyl or cyclic N) is 1. The van der Waals surface area contributed by atoms with Crippen LogP contribution in [-0.4, -0.2) is 68.5 Å². The normalized spacial score (nSPS) is 17.8. The number of aryl methyl sites for hydroxylation is 1. The fraction of sp³-hybridized carbons (Fsp3) is 0.606. The van der Waals surface area contributed by atoms with Gasteiger partial charge >= 0.3 is 5.97 Å². The summed E-state index contributed by atoms with van der Waals surface area (Å²) >= 11 is 1.58. The summed E-state index contributed by atoms with van der Waals surface area (Å²) in [5.41, 5.74) is 4.78. The minimum atomic E-state index is -0.826. The SMILES string of the molecule is Cc1ncsc1-c1ccc([C@H](C)NC(=O)[C@@H]2C[C@@H](O)CN2C(=O)[C@@H](NC(=O)CCCCCCCCCC(=O)O)C(C)C)cc1. The van der Waals surface area contributed by atoms with Crippen LogP contribution < -0.4 is 10.6 Å². The van der Waals surface area contributed by atoms with Gasteiger partial charge in [0.2, 0.25) is 17.7 Å². The molecule has 1 aliphatic rings. The van der Waals surface area contributed by atoms with E-state index in [1.807, 2.05) is 57.5 Å². The van der Waals surface area contributed by atoms with Crippen LogP contribution in [-0.2, 0) is 19.2 Å². The Hall–Kier alpha value is -3.31. The summed E-state index contributed by atoms with van der Waals surface area (Å²) in [5, 5.41) is 25.0. The highest BCUT2D eigenvalue weighted by Crippen LogP contribution is 2.29. The lowest BCUT2D eigenvalue weighted by Gasteiger charge is -2.31. The van der Waals surface area contributed by atoms with Gasteiger partial charge in [-0.3, -0.25) is 19.2 Å². The Bertz CT molecular complexity index is 1250. The lowest BCUT2D eigenvalue weighted by molar-refractivity contribution is -0.142. The molecule has 1 saturated heterocycles. The first-order valence-electron chi connectivity index (χ1n) is 15.8. The van der Waals surface area contributed by atoms with Crippen LogP contribution in [0.25, 0.3) is 10.4 Å². The Balaban J connectivity index is 1.50. The smallest absolute Gasteiger partial charge is 0.303 e. The van der Waals surface area contributed by atoms with E-state index in [-0.39, 0.29) is 49.1 Å². The van der Waals surface area contributed by atoms with Crippen LogP contribution >= 0.6 is 11.3 Å². The molecule has 1 aliphatic heterocycles. The summed E-state index contributed by atoms with van der Waals surface area (Å²) in [6.45, 7) is 7.61. The second-order valence-electron chi connectivity index (χ2n) is 12.2. The number of likely N-dealkylation sites (tertiary alicyclic amines) is 1. The van der Waals surface area contributed by atoms with Crippen LogP contribution in [0.3, 0.4) is 0 Å². The standard InChI is InChI=1S/C33H48N4O6S/c1-21(2)30(36-28(39)12-10-8-6-5-7-9-11-13-29(40)41)33(43)37-19-26(38)18-27(37)32(42)35-22(3)24-14-16-25(17-15-24)31-23(4)34-20-44-31/h14-17,20-22,26-27,30,38H,5-13,18-19H2,1-4H3,(H,35,42)(H,36,39)(H,40,41)/t22-,26+,27-,30-/m0/s1. The minimum Gasteiger partial charge on any atom is -0.481 e. The van der Waals surface area contributed by atoms with Gasteiger partial charge < -0.3 is 25.7 Å². The number of unbranched alkanes of at least 4 members (excludes halogenated alkanes) is 6. The van der Waals surface area contributed by atoms with Gasteiger partial charge in [0.05, 0.1) is 28.2 Å².